The summed E-state index contributed by atoms with van der Waals surface area (Å²) < 4.78 is 70.9. The van der Waals surface area contributed by atoms with Gasteiger partial charge in [0.05, 0.1) is 28.9 Å². The van der Waals surface area contributed by atoms with Crippen molar-refractivity contribution in [3.63, 3.8) is 0 Å². The summed E-state index contributed by atoms with van der Waals surface area (Å²) in [6, 6.07) is 17.5. The largest absolute Gasteiger partial charge is 0.359 e. The van der Waals surface area contributed by atoms with E-state index in [1.807, 2.05) is 0 Å². The van der Waals surface area contributed by atoms with E-state index in [2.05, 4.69) is 20.5 Å². The topological polar surface area (TPSA) is 95.8 Å². The van der Waals surface area contributed by atoms with Crippen LogP contribution in [0.3, 0.4) is 0 Å². The Hall–Kier alpha value is -4.57. The van der Waals surface area contributed by atoms with Crippen molar-refractivity contribution in [2.45, 2.75) is 42.2 Å². The quantitative estimate of drug-likeness (QED) is 0.221. The molecule has 2 unspecified atom stereocenters. The monoisotopic (exact) mass is 648 g/mol. The summed E-state index contributed by atoms with van der Waals surface area (Å²) in [5.41, 5.74) is 1.33. The minimum absolute atomic E-state index is 0.117. The van der Waals surface area contributed by atoms with Crippen LogP contribution in [0.4, 0.5) is 18.9 Å². The van der Waals surface area contributed by atoms with E-state index in [0.29, 0.717) is 43.6 Å². The molecule has 238 valence electrons. The first-order chi connectivity index (χ1) is 22.2. The van der Waals surface area contributed by atoms with E-state index < -0.39 is 45.3 Å². The normalized spacial score (nSPS) is 16.1. The van der Waals surface area contributed by atoms with Crippen molar-refractivity contribution in [1.82, 2.24) is 14.6 Å². The van der Waals surface area contributed by atoms with Gasteiger partial charge in [-0.1, -0.05) is 47.3 Å². The van der Waals surface area contributed by atoms with Gasteiger partial charge in [0.15, 0.2) is 0 Å². The molecule has 1 aliphatic rings. The maximum absolute atomic E-state index is 15.1. The van der Waals surface area contributed by atoms with E-state index in [1.165, 1.54) is 59.0 Å². The molecule has 2 atom stereocenters. The number of rotatable bonds is 11. The number of aromatic nitrogens is 1. The molecule has 12 heteroatoms. The second-order valence-corrected chi connectivity index (χ2v) is 12.9. The van der Waals surface area contributed by atoms with Gasteiger partial charge in [0.1, 0.15) is 17.5 Å². The average Bonchev–Trinajstić information content (AvgIpc) is 3.06. The van der Waals surface area contributed by atoms with Crippen LogP contribution in [0.5, 0.6) is 0 Å². The number of nitrogens with zero attached hydrogens (tertiary/aromatic N) is 3. The number of carbonyl (C=O) groups is 1. The molecule has 0 spiro atoms. The van der Waals surface area contributed by atoms with Crippen LogP contribution in [0.1, 0.15) is 35.4 Å². The number of piperazine rings is 1. The van der Waals surface area contributed by atoms with Crippen LogP contribution in [-0.4, -0.2) is 55.3 Å². The Kier molecular flexibility index (Phi) is 10.5. The molecule has 4 aromatic rings. The number of halogens is 3. The molecule has 8 nitrogen and oxygen atoms in total. The Morgan fingerprint density at radius 3 is 2.22 bits per heavy atom. The van der Waals surface area contributed by atoms with E-state index in [-0.39, 0.29) is 28.6 Å². The summed E-state index contributed by atoms with van der Waals surface area (Å²) in [6.45, 7) is 7.02. The Balaban J connectivity index is 1.34. The molecule has 3 aromatic carbocycles. The highest BCUT2D eigenvalue weighted by atomic mass is 32.2. The minimum atomic E-state index is -3.72. The highest BCUT2D eigenvalue weighted by Gasteiger charge is 2.40. The first kappa shape index (κ1) is 32.8. The number of amides is 1. The number of hydrogen-bond donors (Lipinski definition) is 2. The van der Waals surface area contributed by atoms with Crippen LogP contribution in [0.2, 0.25) is 0 Å². The van der Waals surface area contributed by atoms with Crippen molar-refractivity contribution in [3.8, 4) is 6.57 Å². The number of pyridine rings is 1. The first-order valence-electron chi connectivity index (χ1n) is 14.8. The van der Waals surface area contributed by atoms with Gasteiger partial charge in [0.2, 0.25) is 10.0 Å². The predicted molar refractivity (Wildman–Crippen MR) is 169 cm³/mol. The fourth-order valence-electron chi connectivity index (χ4n) is 5.78. The Bertz CT molecular complexity index is 1760. The van der Waals surface area contributed by atoms with Crippen LogP contribution in [-0.2, 0) is 21.2 Å². The summed E-state index contributed by atoms with van der Waals surface area (Å²) >= 11 is 0. The van der Waals surface area contributed by atoms with E-state index in [4.69, 9.17) is 6.57 Å². The van der Waals surface area contributed by atoms with Gasteiger partial charge in [0.25, 0.3) is 6.57 Å². The Morgan fingerprint density at radius 2 is 1.61 bits per heavy atom. The highest BCUT2D eigenvalue weighted by Crippen LogP contribution is 2.32. The Labute approximate surface area is 266 Å². The van der Waals surface area contributed by atoms with Gasteiger partial charge >= 0.3 is 11.9 Å². The van der Waals surface area contributed by atoms with Crippen LogP contribution in [0.15, 0.2) is 96.2 Å². The molecule has 5 rings (SSSR count). The van der Waals surface area contributed by atoms with Crippen LogP contribution >= 0.6 is 0 Å². The molecular weight excluding hydrogens is 615 g/mol. The molecule has 46 heavy (non-hydrogen) atoms. The third-order valence-corrected chi connectivity index (χ3v) is 10.0. The van der Waals surface area contributed by atoms with Gasteiger partial charge < -0.3 is 10.6 Å². The zero-order valence-corrected chi connectivity index (χ0v) is 25.6. The second kappa shape index (κ2) is 14.7. The van der Waals surface area contributed by atoms with Gasteiger partial charge in [0, 0.05) is 31.2 Å². The molecule has 0 radical (unpaired) electrons. The fourth-order valence-corrected chi connectivity index (χ4v) is 7.46. The lowest BCUT2D eigenvalue weighted by Crippen LogP contribution is -2.53. The molecule has 2 N–H and O–H groups in total. The molecule has 0 bridgehead atoms. The number of anilines is 1. The summed E-state index contributed by atoms with van der Waals surface area (Å²) in [6.07, 6.45) is 3.40. The number of sulfonamides is 1. The maximum atomic E-state index is 15.1. The van der Waals surface area contributed by atoms with E-state index in [1.54, 1.807) is 30.3 Å². The van der Waals surface area contributed by atoms with Gasteiger partial charge in [-0.05, 0) is 66.8 Å². The Morgan fingerprint density at radius 1 is 0.978 bits per heavy atom. The van der Waals surface area contributed by atoms with Gasteiger partial charge in [-0.15, -0.1) is 0 Å². The molecular formula is C34H33F3N5O3S+. The third kappa shape index (κ3) is 7.45. The summed E-state index contributed by atoms with van der Waals surface area (Å²) in [5, 5.41) is 5.94. The van der Waals surface area contributed by atoms with Gasteiger partial charge in [-0.25, -0.2) is 21.6 Å². The van der Waals surface area contributed by atoms with Crippen molar-refractivity contribution >= 4 is 21.6 Å². The lowest BCUT2D eigenvalue weighted by atomic mass is 9.84. The summed E-state index contributed by atoms with van der Waals surface area (Å²) in [7, 11) is -3.72. The third-order valence-electron chi connectivity index (χ3n) is 8.08. The molecule has 1 aliphatic heterocycles. The zero-order valence-electron chi connectivity index (χ0n) is 24.8. The van der Waals surface area contributed by atoms with Crippen molar-refractivity contribution in [3.05, 3.63) is 130 Å². The molecule has 1 amide bonds. The fraction of sp³-hybridized carbons (Fsp3) is 0.265. The second-order valence-electron chi connectivity index (χ2n) is 11.0. The van der Waals surface area contributed by atoms with E-state index in [9.17, 15) is 22.0 Å². The number of nitrogens with one attached hydrogen (secondary N) is 2. The van der Waals surface area contributed by atoms with Gasteiger partial charge in [-0.2, -0.15) is 4.31 Å². The molecule has 0 saturated carbocycles. The standard InChI is InChI=1S/C34H32F3N5O3S/c1-38-33(32(23-10-14-25(35)15-11-23)24-12-16-26(36)17-13-24)34(43)41-31-22-40-21-30(37)29(31)9-5-6-27-20-39-18-19-42(27)46(44,45)28-7-3-2-4-8-28/h1-4,7-8,10-17,21-22,27,32-33,39H,5-6,9,18-20H2/p+1. The van der Waals surface area contributed by atoms with Crippen molar-refractivity contribution < 1.29 is 26.4 Å². The number of benzene rings is 3. The molecule has 1 aromatic heterocycles. The SMILES string of the molecule is C#[N+]C(C(=O)Nc1cncc(F)c1CCCC1CNCCN1S(=O)(=O)c1ccccc1)C(c1ccc(F)cc1)c1ccc(F)cc1. The van der Waals surface area contributed by atoms with Crippen molar-refractivity contribution in [1.29, 1.82) is 0 Å². The minimum Gasteiger partial charge on any atom is -0.317 e. The van der Waals surface area contributed by atoms with Gasteiger partial charge in [-0.3, -0.25) is 9.78 Å². The smallest absolute Gasteiger partial charge is 0.317 e. The molecule has 1 fully saturated rings. The van der Waals surface area contributed by atoms with E-state index in [0.717, 1.165) is 6.20 Å². The highest BCUT2D eigenvalue weighted by molar-refractivity contribution is 7.89. The van der Waals surface area contributed by atoms with Crippen LogP contribution < -0.4 is 10.6 Å². The van der Waals surface area contributed by atoms with E-state index >= 15 is 4.39 Å². The summed E-state index contributed by atoms with van der Waals surface area (Å²) in [5.74, 6) is -3.08. The predicted octanol–water partition coefficient (Wildman–Crippen LogP) is 5.59. The number of carbonyl (C=O) groups excluding carboxylic acids is 1. The van der Waals surface area contributed by atoms with Crippen LogP contribution in [0, 0.1) is 24.0 Å². The molecule has 1 saturated heterocycles. The zero-order chi connectivity index (χ0) is 32.7. The lowest BCUT2D eigenvalue weighted by Gasteiger charge is -2.35. The lowest BCUT2D eigenvalue weighted by molar-refractivity contribution is -0.116. The maximum Gasteiger partial charge on any atom is 0.359 e. The first-order valence-corrected chi connectivity index (χ1v) is 16.2. The molecule has 0 aliphatic carbocycles. The molecule has 2 heterocycles. The van der Waals surface area contributed by atoms with Crippen molar-refractivity contribution in [2.75, 3.05) is 25.0 Å². The van der Waals surface area contributed by atoms with Crippen molar-refractivity contribution in [2.24, 2.45) is 0 Å². The average molecular weight is 649 g/mol. The summed E-state index contributed by atoms with van der Waals surface area (Å²) in [4.78, 5) is 21.6. The number of hydrogen-bond acceptors (Lipinski definition) is 5. The van der Waals surface area contributed by atoms with Crippen LogP contribution in [0.25, 0.3) is 4.85 Å².